The third-order valence-corrected chi connectivity index (χ3v) is 4.34. The van der Waals surface area contributed by atoms with E-state index in [0.29, 0.717) is 5.82 Å². The summed E-state index contributed by atoms with van der Waals surface area (Å²) in [4.78, 5) is 13.6. The SMILES string of the molecule is c1ccc(-c2nc3c(-c4ncn[nH]4)cccc3c3cnccc23)cc1. The lowest BCUT2D eigenvalue weighted by molar-refractivity contribution is 1.10. The number of nitrogens with zero attached hydrogens (tertiary/aromatic N) is 4. The Morgan fingerprint density at radius 3 is 2.56 bits per heavy atom. The maximum absolute atomic E-state index is 5.01. The summed E-state index contributed by atoms with van der Waals surface area (Å²) in [5.74, 6) is 0.709. The molecule has 0 radical (unpaired) electrons. The van der Waals surface area contributed by atoms with Crippen molar-refractivity contribution in [1.29, 1.82) is 0 Å². The maximum Gasteiger partial charge on any atom is 0.157 e. The van der Waals surface area contributed by atoms with E-state index in [9.17, 15) is 0 Å². The molecule has 0 unspecified atom stereocenters. The monoisotopic (exact) mass is 323 g/mol. The lowest BCUT2D eigenvalue weighted by Gasteiger charge is -2.11. The average molecular weight is 323 g/mol. The number of H-pyrrole nitrogens is 1. The van der Waals surface area contributed by atoms with Crippen molar-refractivity contribution in [2.75, 3.05) is 0 Å². The second-order valence-corrected chi connectivity index (χ2v) is 5.78. The first kappa shape index (κ1) is 13.8. The zero-order chi connectivity index (χ0) is 16.6. The van der Waals surface area contributed by atoms with Crippen LogP contribution in [0.2, 0.25) is 0 Å². The van der Waals surface area contributed by atoms with Crippen molar-refractivity contribution in [2.45, 2.75) is 0 Å². The smallest absolute Gasteiger partial charge is 0.157 e. The first-order chi connectivity index (χ1) is 12.4. The molecular formula is C20H13N5. The number of para-hydroxylation sites is 1. The van der Waals surface area contributed by atoms with Crippen molar-refractivity contribution in [3.05, 3.63) is 73.3 Å². The molecule has 1 N–H and O–H groups in total. The predicted molar refractivity (Wildman–Crippen MR) is 97.9 cm³/mol. The molecule has 0 saturated carbocycles. The summed E-state index contributed by atoms with van der Waals surface area (Å²) >= 11 is 0. The van der Waals surface area contributed by atoms with E-state index in [-0.39, 0.29) is 0 Å². The number of nitrogens with one attached hydrogen (secondary N) is 1. The minimum Gasteiger partial charge on any atom is -0.264 e. The van der Waals surface area contributed by atoms with E-state index >= 15 is 0 Å². The van der Waals surface area contributed by atoms with Crippen molar-refractivity contribution in [3.63, 3.8) is 0 Å². The largest absolute Gasteiger partial charge is 0.264 e. The summed E-state index contributed by atoms with van der Waals surface area (Å²) < 4.78 is 0. The van der Waals surface area contributed by atoms with Gasteiger partial charge in [-0.05, 0) is 12.1 Å². The summed E-state index contributed by atoms with van der Waals surface area (Å²) in [5.41, 5.74) is 3.84. The zero-order valence-electron chi connectivity index (χ0n) is 13.2. The average Bonchev–Trinajstić information content (AvgIpc) is 3.22. The second-order valence-electron chi connectivity index (χ2n) is 5.78. The Balaban J connectivity index is 1.95. The van der Waals surface area contributed by atoms with E-state index in [1.807, 2.05) is 48.8 Å². The molecule has 118 valence electrons. The highest BCUT2D eigenvalue weighted by Crippen LogP contribution is 2.35. The molecule has 25 heavy (non-hydrogen) atoms. The van der Waals surface area contributed by atoms with Crippen molar-refractivity contribution in [3.8, 4) is 22.6 Å². The molecule has 0 amide bonds. The molecule has 0 aliphatic rings. The predicted octanol–water partition coefficient (Wildman–Crippen LogP) is 4.24. The highest BCUT2D eigenvalue weighted by Gasteiger charge is 2.14. The van der Waals surface area contributed by atoms with Gasteiger partial charge in [0.1, 0.15) is 6.33 Å². The van der Waals surface area contributed by atoms with E-state index in [0.717, 1.165) is 38.5 Å². The number of pyridine rings is 2. The zero-order valence-corrected chi connectivity index (χ0v) is 13.2. The van der Waals surface area contributed by atoms with Gasteiger partial charge in [0.15, 0.2) is 5.82 Å². The third-order valence-electron chi connectivity index (χ3n) is 4.34. The highest BCUT2D eigenvalue weighted by molar-refractivity contribution is 6.13. The Morgan fingerprint density at radius 1 is 0.800 bits per heavy atom. The maximum atomic E-state index is 5.01. The molecule has 3 aromatic heterocycles. The van der Waals surface area contributed by atoms with Crippen LogP contribution in [0.1, 0.15) is 0 Å². The van der Waals surface area contributed by atoms with E-state index in [1.54, 1.807) is 0 Å². The van der Waals surface area contributed by atoms with Crippen LogP contribution in [0, 0.1) is 0 Å². The minimum atomic E-state index is 0.709. The lowest BCUT2D eigenvalue weighted by atomic mass is 9.99. The van der Waals surface area contributed by atoms with Crippen LogP contribution in [0.5, 0.6) is 0 Å². The fraction of sp³-hybridized carbons (Fsp3) is 0. The number of hydrogen-bond acceptors (Lipinski definition) is 4. The third kappa shape index (κ3) is 2.17. The van der Waals surface area contributed by atoms with Crippen molar-refractivity contribution >= 4 is 21.7 Å². The number of aromatic nitrogens is 5. The quantitative estimate of drug-likeness (QED) is 0.494. The normalized spacial score (nSPS) is 11.2. The van der Waals surface area contributed by atoms with Gasteiger partial charge >= 0.3 is 0 Å². The number of fused-ring (bicyclic) bond motifs is 3. The summed E-state index contributed by atoms with van der Waals surface area (Å²) in [6.07, 6.45) is 5.22. The summed E-state index contributed by atoms with van der Waals surface area (Å²) in [6, 6.07) is 18.3. The lowest BCUT2D eigenvalue weighted by Crippen LogP contribution is -1.93. The highest BCUT2D eigenvalue weighted by atomic mass is 15.2. The van der Waals surface area contributed by atoms with Crippen molar-refractivity contribution < 1.29 is 0 Å². The molecule has 0 aliphatic heterocycles. The molecule has 3 heterocycles. The molecule has 0 atom stereocenters. The van der Waals surface area contributed by atoms with Gasteiger partial charge in [-0.1, -0.05) is 42.5 Å². The molecule has 0 aliphatic carbocycles. The Bertz CT molecular complexity index is 1180. The van der Waals surface area contributed by atoms with Gasteiger partial charge in [-0.25, -0.2) is 9.97 Å². The standard InChI is InChI=1S/C20H13N5/c1-2-5-13(6-3-1)18-15-9-10-21-11-17(15)14-7-4-8-16(19(14)24-18)20-22-12-23-25-20/h1-12H,(H,22,23,25). The topological polar surface area (TPSA) is 67.3 Å². The Labute approximate surface area is 143 Å². The van der Waals surface area contributed by atoms with Gasteiger partial charge in [-0.3, -0.25) is 10.1 Å². The number of hydrogen-bond donors (Lipinski definition) is 1. The van der Waals surface area contributed by atoms with Crippen LogP contribution in [0.4, 0.5) is 0 Å². The van der Waals surface area contributed by atoms with Gasteiger partial charge in [0.05, 0.1) is 11.2 Å². The van der Waals surface area contributed by atoms with Crippen LogP contribution in [0.15, 0.2) is 73.3 Å². The molecule has 5 aromatic rings. The van der Waals surface area contributed by atoms with Crippen LogP contribution >= 0.6 is 0 Å². The van der Waals surface area contributed by atoms with E-state index in [2.05, 4.69) is 38.4 Å². The first-order valence-corrected chi connectivity index (χ1v) is 7.99. The van der Waals surface area contributed by atoms with Crippen LogP contribution in [0.3, 0.4) is 0 Å². The second kappa shape index (κ2) is 5.49. The van der Waals surface area contributed by atoms with Crippen LogP contribution in [-0.2, 0) is 0 Å². The summed E-state index contributed by atoms with van der Waals surface area (Å²) in [6.45, 7) is 0. The van der Waals surface area contributed by atoms with Crippen molar-refractivity contribution in [2.24, 2.45) is 0 Å². The van der Waals surface area contributed by atoms with Gasteiger partial charge in [0.25, 0.3) is 0 Å². The van der Waals surface area contributed by atoms with E-state index in [4.69, 9.17) is 4.98 Å². The number of aromatic amines is 1. The van der Waals surface area contributed by atoms with E-state index in [1.165, 1.54) is 6.33 Å². The molecule has 0 fully saturated rings. The van der Waals surface area contributed by atoms with Gasteiger partial charge < -0.3 is 0 Å². The van der Waals surface area contributed by atoms with Gasteiger partial charge in [0, 0.05) is 39.7 Å². The molecule has 0 spiro atoms. The molecule has 5 nitrogen and oxygen atoms in total. The van der Waals surface area contributed by atoms with Crippen LogP contribution < -0.4 is 0 Å². The molecule has 5 heteroatoms. The molecule has 0 saturated heterocycles. The van der Waals surface area contributed by atoms with E-state index < -0.39 is 0 Å². The fourth-order valence-electron chi connectivity index (χ4n) is 3.21. The van der Waals surface area contributed by atoms with Crippen molar-refractivity contribution in [1.82, 2.24) is 25.1 Å². The Hall–Kier alpha value is -3.60. The number of rotatable bonds is 2. The molecule has 0 bridgehead atoms. The van der Waals surface area contributed by atoms with Crippen LogP contribution in [-0.4, -0.2) is 25.1 Å². The summed E-state index contributed by atoms with van der Waals surface area (Å²) in [5, 5.41) is 10.1. The van der Waals surface area contributed by atoms with Gasteiger partial charge in [-0.2, -0.15) is 5.10 Å². The first-order valence-electron chi connectivity index (χ1n) is 7.99. The van der Waals surface area contributed by atoms with Gasteiger partial charge in [0.2, 0.25) is 0 Å². The summed E-state index contributed by atoms with van der Waals surface area (Å²) in [7, 11) is 0. The number of benzene rings is 2. The molecule has 2 aromatic carbocycles. The molecule has 5 rings (SSSR count). The Morgan fingerprint density at radius 2 is 1.72 bits per heavy atom. The fourth-order valence-corrected chi connectivity index (χ4v) is 3.21. The minimum absolute atomic E-state index is 0.709. The molecular weight excluding hydrogens is 310 g/mol. The van der Waals surface area contributed by atoms with Gasteiger partial charge in [-0.15, -0.1) is 0 Å². The van der Waals surface area contributed by atoms with Crippen LogP contribution in [0.25, 0.3) is 44.3 Å². The Kier molecular flexibility index (Phi) is 3.03.